The number of hydrogen-bond donors (Lipinski definition) is 1. The first-order chi connectivity index (χ1) is 9.71. The Morgan fingerprint density at radius 2 is 2.10 bits per heavy atom. The summed E-state index contributed by atoms with van der Waals surface area (Å²) in [6.45, 7) is 2.02. The summed E-state index contributed by atoms with van der Waals surface area (Å²) < 4.78 is 0. The molecule has 2 amide bonds. The minimum absolute atomic E-state index is 0.0709. The molecule has 2 aliphatic heterocycles. The Kier molecular flexibility index (Phi) is 3.38. The van der Waals surface area contributed by atoms with Crippen molar-refractivity contribution in [1.82, 2.24) is 20.2 Å². The van der Waals surface area contributed by atoms with Crippen molar-refractivity contribution >= 4 is 11.8 Å². The summed E-state index contributed by atoms with van der Waals surface area (Å²) in [5.74, 6) is 0.0938. The van der Waals surface area contributed by atoms with Crippen LogP contribution in [0.2, 0.25) is 0 Å². The number of carbonyl (C=O) groups excluding carboxylic acids is 2. The van der Waals surface area contributed by atoms with Crippen LogP contribution in [-0.2, 0) is 4.79 Å². The molecule has 0 atom stereocenters. The van der Waals surface area contributed by atoms with E-state index in [2.05, 4.69) is 15.3 Å². The van der Waals surface area contributed by atoms with Crippen LogP contribution in [0.3, 0.4) is 0 Å². The number of nitrogens with one attached hydrogen (secondary N) is 1. The van der Waals surface area contributed by atoms with Gasteiger partial charge in [-0.15, -0.1) is 0 Å². The van der Waals surface area contributed by atoms with E-state index in [1.165, 1.54) is 6.33 Å². The maximum atomic E-state index is 12.3. The van der Waals surface area contributed by atoms with E-state index in [4.69, 9.17) is 0 Å². The fraction of sp³-hybridized carbons (Fsp3) is 0.571. The Bertz CT molecular complexity index is 509. The van der Waals surface area contributed by atoms with Crippen LogP contribution in [0.5, 0.6) is 0 Å². The maximum absolute atomic E-state index is 12.3. The van der Waals surface area contributed by atoms with E-state index in [9.17, 15) is 9.59 Å². The highest BCUT2D eigenvalue weighted by molar-refractivity contribution is 5.92. The Balaban J connectivity index is 1.67. The van der Waals surface area contributed by atoms with Crippen molar-refractivity contribution in [3.63, 3.8) is 0 Å². The van der Waals surface area contributed by atoms with Crippen LogP contribution in [0.4, 0.5) is 0 Å². The number of hydrogen-bond acceptors (Lipinski definition) is 4. The lowest BCUT2D eigenvalue weighted by atomic mass is 9.72. The van der Waals surface area contributed by atoms with Gasteiger partial charge in [-0.2, -0.15) is 0 Å². The van der Waals surface area contributed by atoms with Crippen molar-refractivity contribution < 1.29 is 9.59 Å². The molecule has 20 heavy (non-hydrogen) atoms. The molecule has 2 fully saturated rings. The van der Waals surface area contributed by atoms with Gasteiger partial charge < -0.3 is 10.2 Å². The lowest BCUT2D eigenvalue weighted by Gasteiger charge is -2.42. The fourth-order valence-corrected chi connectivity index (χ4v) is 3.12. The summed E-state index contributed by atoms with van der Waals surface area (Å²) in [5.41, 5.74) is 0.171. The molecule has 1 spiro atoms. The van der Waals surface area contributed by atoms with Crippen molar-refractivity contribution in [2.24, 2.45) is 5.41 Å². The smallest absolute Gasteiger partial charge is 0.272 e. The van der Waals surface area contributed by atoms with Gasteiger partial charge >= 0.3 is 0 Å². The largest absolute Gasteiger partial charge is 0.356 e. The molecule has 1 N–H and O–H groups in total. The summed E-state index contributed by atoms with van der Waals surface area (Å²) in [7, 11) is 0. The lowest BCUT2D eigenvalue weighted by molar-refractivity contribution is -0.136. The monoisotopic (exact) mass is 274 g/mol. The highest BCUT2D eigenvalue weighted by atomic mass is 16.2. The highest BCUT2D eigenvalue weighted by Crippen LogP contribution is 2.38. The number of amides is 2. The quantitative estimate of drug-likeness (QED) is 0.814. The van der Waals surface area contributed by atoms with Gasteiger partial charge in [-0.1, -0.05) is 0 Å². The molecule has 0 unspecified atom stereocenters. The number of nitrogens with zero attached hydrogens (tertiary/aromatic N) is 3. The molecule has 2 aliphatic rings. The van der Waals surface area contributed by atoms with E-state index in [0.717, 1.165) is 32.2 Å². The van der Waals surface area contributed by atoms with Crippen LogP contribution in [0.25, 0.3) is 0 Å². The first kappa shape index (κ1) is 13.0. The molecule has 0 saturated carbocycles. The zero-order valence-electron chi connectivity index (χ0n) is 11.3. The van der Waals surface area contributed by atoms with Crippen LogP contribution in [0.15, 0.2) is 18.6 Å². The molecular weight excluding hydrogens is 256 g/mol. The summed E-state index contributed by atoms with van der Waals surface area (Å²) in [6.07, 6.45) is 6.42. The molecule has 3 rings (SSSR count). The predicted octanol–water partition coefficient (Wildman–Crippen LogP) is 0.609. The summed E-state index contributed by atoms with van der Waals surface area (Å²) in [5, 5.41) is 2.96. The average Bonchev–Trinajstić information content (AvgIpc) is 2.51. The normalized spacial score (nSPS) is 21.6. The minimum Gasteiger partial charge on any atom is -0.356 e. The second-order valence-electron chi connectivity index (χ2n) is 5.53. The zero-order valence-corrected chi connectivity index (χ0v) is 11.3. The van der Waals surface area contributed by atoms with Crippen LogP contribution in [-0.4, -0.2) is 46.3 Å². The van der Waals surface area contributed by atoms with E-state index < -0.39 is 0 Å². The zero-order chi connectivity index (χ0) is 14.0. The lowest BCUT2D eigenvalue weighted by Crippen LogP contribution is -2.52. The third kappa shape index (κ3) is 2.26. The van der Waals surface area contributed by atoms with E-state index in [1.54, 1.807) is 17.2 Å². The third-order valence-corrected chi connectivity index (χ3v) is 4.41. The summed E-state index contributed by atoms with van der Waals surface area (Å²) in [4.78, 5) is 34.0. The summed E-state index contributed by atoms with van der Waals surface area (Å²) >= 11 is 0. The molecule has 0 radical (unpaired) electrons. The second kappa shape index (κ2) is 5.19. The molecule has 1 aromatic rings. The van der Waals surface area contributed by atoms with Crippen molar-refractivity contribution in [2.45, 2.75) is 25.7 Å². The van der Waals surface area contributed by atoms with Gasteiger partial charge in [0.25, 0.3) is 5.91 Å². The van der Waals surface area contributed by atoms with Crippen LogP contribution in [0.1, 0.15) is 36.2 Å². The predicted molar refractivity (Wildman–Crippen MR) is 71.8 cm³/mol. The molecule has 0 bridgehead atoms. The third-order valence-electron chi connectivity index (χ3n) is 4.41. The van der Waals surface area contributed by atoms with Crippen molar-refractivity contribution in [1.29, 1.82) is 0 Å². The van der Waals surface area contributed by atoms with Gasteiger partial charge in [0.15, 0.2) is 0 Å². The molecule has 0 aliphatic carbocycles. The molecule has 3 heterocycles. The van der Waals surface area contributed by atoms with Crippen molar-refractivity contribution in [2.75, 3.05) is 19.6 Å². The van der Waals surface area contributed by atoms with E-state index in [1.807, 2.05) is 0 Å². The Morgan fingerprint density at radius 3 is 2.75 bits per heavy atom. The van der Waals surface area contributed by atoms with Crippen LogP contribution in [0, 0.1) is 5.41 Å². The van der Waals surface area contributed by atoms with Crippen molar-refractivity contribution in [3.05, 3.63) is 24.3 Å². The van der Waals surface area contributed by atoms with Gasteiger partial charge in [-0.05, 0) is 31.7 Å². The fourth-order valence-electron chi connectivity index (χ4n) is 3.12. The SMILES string of the molecule is O=C(c1ccncn1)N1CCC2(CCCNC2=O)CC1. The molecule has 1 aromatic heterocycles. The maximum Gasteiger partial charge on any atom is 0.272 e. The second-order valence-corrected chi connectivity index (χ2v) is 5.53. The first-order valence-corrected chi connectivity index (χ1v) is 7.05. The molecule has 6 nitrogen and oxygen atoms in total. The van der Waals surface area contributed by atoms with Gasteiger partial charge in [0.05, 0.1) is 5.41 Å². The molecular formula is C14H18N4O2. The Labute approximate surface area is 117 Å². The van der Waals surface area contributed by atoms with Crippen molar-refractivity contribution in [3.8, 4) is 0 Å². The van der Waals surface area contributed by atoms with Gasteiger partial charge in [0.2, 0.25) is 5.91 Å². The molecule has 2 saturated heterocycles. The number of aromatic nitrogens is 2. The number of likely N-dealkylation sites (tertiary alicyclic amines) is 1. The Hall–Kier alpha value is -1.98. The van der Waals surface area contributed by atoms with Crippen LogP contribution < -0.4 is 5.32 Å². The standard InChI is InChI=1S/C14H18N4O2/c19-12(11-2-7-15-10-17-11)18-8-4-14(5-9-18)3-1-6-16-13(14)20/h2,7,10H,1,3-6,8-9H2,(H,16,20). The van der Waals surface area contributed by atoms with Gasteiger partial charge in [-0.3, -0.25) is 9.59 Å². The van der Waals surface area contributed by atoms with Crippen LogP contribution >= 0.6 is 0 Å². The Morgan fingerprint density at radius 1 is 1.30 bits per heavy atom. The minimum atomic E-state index is -0.249. The highest BCUT2D eigenvalue weighted by Gasteiger charge is 2.43. The number of carbonyl (C=O) groups is 2. The van der Waals surface area contributed by atoms with E-state index in [0.29, 0.717) is 18.8 Å². The molecule has 106 valence electrons. The van der Waals surface area contributed by atoms with E-state index >= 15 is 0 Å². The summed E-state index contributed by atoms with van der Waals surface area (Å²) in [6, 6.07) is 1.63. The molecule has 6 heteroatoms. The number of piperidine rings is 2. The van der Waals surface area contributed by atoms with Gasteiger partial charge in [-0.25, -0.2) is 9.97 Å². The average molecular weight is 274 g/mol. The van der Waals surface area contributed by atoms with E-state index in [-0.39, 0.29) is 17.2 Å². The topological polar surface area (TPSA) is 75.2 Å². The first-order valence-electron chi connectivity index (χ1n) is 7.05. The van der Waals surface area contributed by atoms with Gasteiger partial charge in [0.1, 0.15) is 12.0 Å². The molecule has 0 aromatic carbocycles. The number of rotatable bonds is 1. The van der Waals surface area contributed by atoms with Gasteiger partial charge in [0, 0.05) is 25.8 Å².